The van der Waals surface area contributed by atoms with E-state index in [1.807, 2.05) is 53.9 Å². The van der Waals surface area contributed by atoms with Gasteiger partial charge in [0.2, 0.25) is 0 Å². The van der Waals surface area contributed by atoms with Gasteiger partial charge in [-0.1, -0.05) is 47.6 Å². The molecule has 0 bridgehead atoms. The Hall–Kier alpha value is -2.67. The topological polar surface area (TPSA) is 67.5 Å². The third-order valence-electron chi connectivity index (χ3n) is 4.18. The summed E-state index contributed by atoms with van der Waals surface area (Å²) in [4.78, 5) is 0. The number of aliphatic hydroxyl groups excluding tert-OH is 1. The molecule has 0 aliphatic rings. The fourth-order valence-electron chi connectivity index (χ4n) is 2.83. The number of aliphatic hydroxyl groups is 1. The maximum absolute atomic E-state index is 10.1. The van der Waals surface area contributed by atoms with Gasteiger partial charge in [-0.15, -0.1) is 11.3 Å². The predicted octanol–water partition coefficient (Wildman–Crippen LogP) is 4.09. The molecule has 2 aromatic carbocycles. The van der Waals surface area contributed by atoms with Crippen LogP contribution in [0.4, 0.5) is 0 Å². The van der Waals surface area contributed by atoms with E-state index in [0.29, 0.717) is 12.3 Å². The van der Waals surface area contributed by atoms with E-state index in [0.717, 1.165) is 28.1 Å². The molecule has 2 N–H and O–H groups in total. The van der Waals surface area contributed by atoms with Gasteiger partial charge in [0.1, 0.15) is 28.9 Å². The Labute approximate surface area is 161 Å². The third-order valence-corrected chi connectivity index (χ3v) is 5.08. The number of hydrogen-bond donors (Lipinski definition) is 2. The van der Waals surface area contributed by atoms with Crippen LogP contribution >= 0.6 is 11.3 Å². The van der Waals surface area contributed by atoms with Gasteiger partial charge in [0.05, 0.1) is 0 Å². The van der Waals surface area contributed by atoms with Crippen LogP contribution in [0.3, 0.4) is 0 Å². The van der Waals surface area contributed by atoms with Gasteiger partial charge >= 0.3 is 0 Å². The molecule has 0 fully saturated rings. The van der Waals surface area contributed by atoms with Crippen molar-refractivity contribution >= 4 is 21.6 Å². The van der Waals surface area contributed by atoms with E-state index >= 15 is 0 Å². The number of fused-ring (bicyclic) bond motifs is 1. The van der Waals surface area contributed by atoms with Gasteiger partial charge in [0, 0.05) is 18.7 Å². The standard InChI is InChI=1S/C21H20N2O3S/c24-17(13-22-12-15-5-2-1-3-6-15)14-25-18-8-4-7-16(11-18)20-21-19(26-23-20)9-10-27-21/h1-11,17,22,24H,12-14H2/t17-/m1/s1. The molecule has 0 saturated heterocycles. The molecule has 27 heavy (non-hydrogen) atoms. The molecule has 0 unspecified atom stereocenters. The molecular weight excluding hydrogens is 360 g/mol. The lowest BCUT2D eigenvalue weighted by atomic mass is 10.1. The van der Waals surface area contributed by atoms with Crippen LogP contribution in [-0.4, -0.2) is 29.5 Å². The molecule has 5 nitrogen and oxygen atoms in total. The van der Waals surface area contributed by atoms with E-state index in [9.17, 15) is 5.11 Å². The summed E-state index contributed by atoms with van der Waals surface area (Å²) < 4.78 is 12.1. The van der Waals surface area contributed by atoms with Crippen LogP contribution < -0.4 is 10.1 Å². The summed E-state index contributed by atoms with van der Waals surface area (Å²) in [6.07, 6.45) is -0.589. The Morgan fingerprint density at radius 2 is 2.00 bits per heavy atom. The van der Waals surface area contributed by atoms with Crippen LogP contribution in [0.2, 0.25) is 0 Å². The second-order valence-electron chi connectivity index (χ2n) is 6.25. The van der Waals surface area contributed by atoms with Gasteiger partial charge in [0.25, 0.3) is 0 Å². The average molecular weight is 380 g/mol. The molecule has 2 heterocycles. The number of ether oxygens (including phenoxy) is 1. The fourth-order valence-corrected chi connectivity index (χ4v) is 3.64. The van der Waals surface area contributed by atoms with Crippen LogP contribution in [0.25, 0.3) is 21.5 Å². The number of benzene rings is 2. The van der Waals surface area contributed by atoms with Gasteiger partial charge < -0.3 is 19.7 Å². The molecule has 4 rings (SSSR count). The van der Waals surface area contributed by atoms with Crippen molar-refractivity contribution in [1.29, 1.82) is 0 Å². The summed E-state index contributed by atoms with van der Waals surface area (Å²) in [6, 6.07) is 19.7. The number of nitrogens with zero attached hydrogens (tertiary/aromatic N) is 1. The van der Waals surface area contributed by atoms with Crippen molar-refractivity contribution in [2.45, 2.75) is 12.6 Å². The molecule has 0 aliphatic carbocycles. The molecule has 1 atom stereocenters. The van der Waals surface area contributed by atoms with E-state index in [2.05, 4.69) is 22.6 Å². The molecule has 2 aromatic heterocycles. The van der Waals surface area contributed by atoms with E-state index in [4.69, 9.17) is 9.26 Å². The molecule has 0 amide bonds. The van der Waals surface area contributed by atoms with E-state index in [1.165, 1.54) is 5.56 Å². The summed E-state index contributed by atoms with van der Waals surface area (Å²) in [5, 5.41) is 19.5. The number of thiophene rings is 1. The molecule has 0 radical (unpaired) electrons. The highest BCUT2D eigenvalue weighted by Crippen LogP contribution is 2.33. The molecule has 0 spiro atoms. The van der Waals surface area contributed by atoms with E-state index < -0.39 is 6.10 Å². The van der Waals surface area contributed by atoms with E-state index in [-0.39, 0.29) is 6.61 Å². The zero-order chi connectivity index (χ0) is 18.5. The Kier molecular flexibility index (Phi) is 5.48. The molecule has 4 aromatic rings. The van der Waals surface area contributed by atoms with Crippen LogP contribution in [0.5, 0.6) is 5.75 Å². The summed E-state index contributed by atoms with van der Waals surface area (Å²) in [6.45, 7) is 1.41. The Balaban J connectivity index is 1.31. The minimum Gasteiger partial charge on any atom is -0.491 e. The minimum atomic E-state index is -0.589. The summed E-state index contributed by atoms with van der Waals surface area (Å²) in [5.74, 6) is 0.697. The fraction of sp³-hybridized carbons (Fsp3) is 0.190. The maximum atomic E-state index is 10.1. The number of hydrogen-bond acceptors (Lipinski definition) is 6. The lowest BCUT2D eigenvalue weighted by Crippen LogP contribution is -2.31. The van der Waals surface area contributed by atoms with Crippen molar-refractivity contribution in [3.05, 3.63) is 71.6 Å². The molecule has 0 saturated carbocycles. The highest BCUT2D eigenvalue weighted by Gasteiger charge is 2.12. The maximum Gasteiger partial charge on any atom is 0.178 e. The quantitative estimate of drug-likeness (QED) is 0.482. The zero-order valence-electron chi connectivity index (χ0n) is 14.7. The Bertz CT molecular complexity index is 997. The number of rotatable bonds is 8. The lowest BCUT2D eigenvalue weighted by Gasteiger charge is -2.13. The summed E-state index contributed by atoms with van der Waals surface area (Å²) in [7, 11) is 0. The van der Waals surface area contributed by atoms with Crippen molar-refractivity contribution in [2.24, 2.45) is 0 Å². The van der Waals surface area contributed by atoms with Crippen LogP contribution in [0.15, 0.2) is 70.6 Å². The summed E-state index contributed by atoms with van der Waals surface area (Å²) >= 11 is 1.60. The lowest BCUT2D eigenvalue weighted by molar-refractivity contribution is 0.106. The second kappa shape index (κ2) is 8.35. The summed E-state index contributed by atoms with van der Waals surface area (Å²) in [5.41, 5.74) is 3.73. The van der Waals surface area contributed by atoms with Gasteiger partial charge in [-0.25, -0.2) is 0 Å². The van der Waals surface area contributed by atoms with Crippen molar-refractivity contribution in [2.75, 3.05) is 13.2 Å². The number of aromatic nitrogens is 1. The number of nitrogens with one attached hydrogen (secondary N) is 1. The second-order valence-corrected chi connectivity index (χ2v) is 7.17. The first kappa shape index (κ1) is 17.7. The first-order chi connectivity index (χ1) is 13.3. The first-order valence-corrected chi connectivity index (χ1v) is 9.66. The molecule has 6 heteroatoms. The first-order valence-electron chi connectivity index (χ1n) is 8.78. The molecular formula is C21H20N2O3S. The van der Waals surface area contributed by atoms with Crippen molar-refractivity contribution < 1.29 is 14.4 Å². The Morgan fingerprint density at radius 1 is 1.11 bits per heavy atom. The van der Waals surface area contributed by atoms with Gasteiger partial charge in [-0.3, -0.25) is 0 Å². The van der Waals surface area contributed by atoms with Crippen molar-refractivity contribution in [1.82, 2.24) is 10.5 Å². The molecule has 0 aliphatic heterocycles. The van der Waals surface area contributed by atoms with Gasteiger partial charge in [-0.05, 0) is 29.1 Å². The third kappa shape index (κ3) is 4.36. The largest absolute Gasteiger partial charge is 0.491 e. The average Bonchev–Trinajstić information content (AvgIpc) is 3.31. The van der Waals surface area contributed by atoms with Crippen molar-refractivity contribution in [3.8, 4) is 17.0 Å². The SMILES string of the molecule is O[C@H](CNCc1ccccc1)COc1cccc(-c2noc3ccsc23)c1. The van der Waals surface area contributed by atoms with Crippen LogP contribution in [0.1, 0.15) is 5.56 Å². The Morgan fingerprint density at radius 3 is 2.89 bits per heavy atom. The van der Waals surface area contributed by atoms with Crippen LogP contribution in [-0.2, 0) is 6.54 Å². The van der Waals surface area contributed by atoms with E-state index in [1.54, 1.807) is 11.3 Å². The predicted molar refractivity (Wildman–Crippen MR) is 107 cm³/mol. The zero-order valence-corrected chi connectivity index (χ0v) is 15.5. The van der Waals surface area contributed by atoms with Crippen molar-refractivity contribution in [3.63, 3.8) is 0 Å². The van der Waals surface area contributed by atoms with Gasteiger partial charge in [0.15, 0.2) is 5.58 Å². The van der Waals surface area contributed by atoms with Gasteiger partial charge in [-0.2, -0.15) is 0 Å². The highest BCUT2D eigenvalue weighted by atomic mass is 32.1. The van der Waals surface area contributed by atoms with Crippen LogP contribution in [0, 0.1) is 0 Å². The highest BCUT2D eigenvalue weighted by molar-refractivity contribution is 7.17. The monoisotopic (exact) mass is 380 g/mol. The minimum absolute atomic E-state index is 0.221. The normalized spacial score (nSPS) is 12.3. The molecule has 138 valence electrons. The smallest absolute Gasteiger partial charge is 0.178 e.